The maximum Gasteiger partial charge on any atom is 0.273 e. The van der Waals surface area contributed by atoms with Crippen LogP contribution in [0.15, 0.2) is 30.3 Å². The van der Waals surface area contributed by atoms with Gasteiger partial charge in [-0.05, 0) is 31.0 Å². The first-order valence-electron chi connectivity index (χ1n) is 6.65. The summed E-state index contributed by atoms with van der Waals surface area (Å²) in [4.78, 5) is 23.9. The molecule has 3 rings (SSSR count). The van der Waals surface area contributed by atoms with Crippen molar-refractivity contribution in [3.8, 4) is 0 Å². The Balaban J connectivity index is 1.70. The van der Waals surface area contributed by atoms with Crippen LogP contribution in [0.25, 0.3) is 0 Å². The molecule has 1 heterocycles. The Morgan fingerprint density at radius 2 is 2.05 bits per heavy atom. The molecule has 21 heavy (non-hydrogen) atoms. The van der Waals surface area contributed by atoms with Crippen LogP contribution in [0.4, 0.5) is 11.5 Å². The highest BCUT2D eigenvalue weighted by Gasteiger charge is 2.23. The summed E-state index contributed by atoms with van der Waals surface area (Å²) in [7, 11) is 0. The molecule has 7 nitrogen and oxygen atoms in total. The van der Waals surface area contributed by atoms with Crippen LogP contribution < -0.4 is 16.4 Å². The van der Waals surface area contributed by atoms with Crippen LogP contribution in [0.2, 0.25) is 0 Å². The highest BCUT2D eigenvalue weighted by Crippen LogP contribution is 2.20. The van der Waals surface area contributed by atoms with Crippen molar-refractivity contribution in [2.75, 3.05) is 11.1 Å². The first-order chi connectivity index (χ1) is 10.1. The number of H-pyrrole nitrogens is 1. The van der Waals surface area contributed by atoms with E-state index in [9.17, 15) is 9.59 Å². The summed E-state index contributed by atoms with van der Waals surface area (Å²) in [6.07, 6.45) is 2.06. The van der Waals surface area contributed by atoms with E-state index in [1.54, 1.807) is 24.3 Å². The number of aromatic amines is 1. The topological polar surface area (TPSA) is 113 Å². The maximum absolute atomic E-state index is 12.0. The van der Waals surface area contributed by atoms with Crippen molar-refractivity contribution < 1.29 is 9.59 Å². The summed E-state index contributed by atoms with van der Waals surface area (Å²) in [6.45, 7) is 0. The van der Waals surface area contributed by atoms with Crippen LogP contribution in [0.1, 0.15) is 33.7 Å². The summed E-state index contributed by atoms with van der Waals surface area (Å²) in [5.41, 5.74) is 6.77. The van der Waals surface area contributed by atoms with Gasteiger partial charge in [0, 0.05) is 23.4 Å². The Hall–Kier alpha value is -2.83. The highest BCUT2D eigenvalue weighted by atomic mass is 16.2. The van der Waals surface area contributed by atoms with Gasteiger partial charge in [0.1, 0.15) is 11.5 Å². The van der Waals surface area contributed by atoms with Gasteiger partial charge in [0.05, 0.1) is 0 Å². The zero-order valence-electron chi connectivity index (χ0n) is 11.2. The minimum atomic E-state index is -0.362. The molecule has 1 saturated carbocycles. The van der Waals surface area contributed by atoms with Gasteiger partial charge in [0.2, 0.25) is 0 Å². The number of benzene rings is 1. The monoisotopic (exact) mass is 285 g/mol. The molecule has 1 fully saturated rings. The number of aromatic nitrogens is 2. The van der Waals surface area contributed by atoms with Crippen LogP contribution in [-0.4, -0.2) is 28.1 Å². The van der Waals surface area contributed by atoms with Crippen LogP contribution in [0, 0.1) is 0 Å². The van der Waals surface area contributed by atoms with Crippen molar-refractivity contribution in [2.24, 2.45) is 0 Å². The average Bonchev–Trinajstić information content (AvgIpc) is 3.17. The first kappa shape index (κ1) is 13.2. The Morgan fingerprint density at radius 1 is 1.24 bits per heavy atom. The average molecular weight is 285 g/mol. The third kappa shape index (κ3) is 3.19. The molecule has 1 aliphatic rings. The number of carbonyl (C=O) groups excluding carboxylic acids is 2. The molecule has 2 amide bonds. The smallest absolute Gasteiger partial charge is 0.273 e. The van der Waals surface area contributed by atoms with E-state index in [1.165, 1.54) is 6.07 Å². The third-order valence-electron chi connectivity index (χ3n) is 3.14. The molecule has 0 aliphatic heterocycles. The molecule has 0 radical (unpaired) electrons. The van der Waals surface area contributed by atoms with Crippen molar-refractivity contribution in [2.45, 2.75) is 18.9 Å². The quantitative estimate of drug-likeness (QED) is 0.674. The lowest BCUT2D eigenvalue weighted by Crippen LogP contribution is -2.25. The van der Waals surface area contributed by atoms with Gasteiger partial charge in [-0.2, -0.15) is 5.10 Å². The van der Waals surface area contributed by atoms with Gasteiger partial charge in [-0.15, -0.1) is 0 Å². The van der Waals surface area contributed by atoms with E-state index < -0.39 is 0 Å². The molecule has 0 saturated heterocycles. The fourth-order valence-electron chi connectivity index (χ4n) is 1.89. The largest absolute Gasteiger partial charge is 0.382 e. The summed E-state index contributed by atoms with van der Waals surface area (Å²) < 4.78 is 0. The summed E-state index contributed by atoms with van der Waals surface area (Å²) in [5, 5.41) is 11.8. The van der Waals surface area contributed by atoms with Gasteiger partial charge in [-0.3, -0.25) is 14.7 Å². The van der Waals surface area contributed by atoms with Crippen molar-refractivity contribution >= 4 is 23.3 Å². The SMILES string of the molecule is Nc1cc(C(=O)Nc2cccc(C(=O)NC3CC3)c2)[nH]n1. The fraction of sp³-hybridized carbons (Fsp3) is 0.214. The van der Waals surface area contributed by atoms with E-state index in [-0.39, 0.29) is 23.3 Å². The second kappa shape index (κ2) is 5.28. The van der Waals surface area contributed by atoms with Gasteiger partial charge < -0.3 is 16.4 Å². The number of rotatable bonds is 4. The van der Waals surface area contributed by atoms with E-state index in [1.807, 2.05) is 0 Å². The number of nitrogens with two attached hydrogens (primary N) is 1. The number of carbonyl (C=O) groups is 2. The number of nitrogen functional groups attached to an aromatic ring is 1. The van der Waals surface area contributed by atoms with E-state index in [0.717, 1.165) is 12.8 Å². The molecule has 0 unspecified atom stereocenters. The lowest BCUT2D eigenvalue weighted by Gasteiger charge is -2.07. The molecule has 0 bridgehead atoms. The summed E-state index contributed by atoms with van der Waals surface area (Å²) in [6, 6.07) is 8.52. The van der Waals surface area contributed by atoms with Crippen LogP contribution >= 0.6 is 0 Å². The van der Waals surface area contributed by atoms with E-state index in [2.05, 4.69) is 20.8 Å². The summed E-state index contributed by atoms with van der Waals surface area (Å²) >= 11 is 0. The molecule has 0 spiro atoms. The highest BCUT2D eigenvalue weighted by molar-refractivity contribution is 6.04. The standard InChI is InChI=1S/C14H15N5O2/c15-12-7-11(18-19-12)14(21)17-10-3-1-2-8(6-10)13(20)16-9-4-5-9/h1-3,6-7,9H,4-5H2,(H,16,20)(H,17,21)(H3,15,18,19). The normalized spacial score (nSPS) is 13.7. The van der Waals surface area contributed by atoms with Crippen molar-refractivity contribution in [1.82, 2.24) is 15.5 Å². The fourth-order valence-corrected chi connectivity index (χ4v) is 1.89. The summed E-state index contributed by atoms with van der Waals surface area (Å²) in [5.74, 6) is -0.240. The number of nitrogens with one attached hydrogen (secondary N) is 3. The molecule has 5 N–H and O–H groups in total. The second-order valence-electron chi connectivity index (χ2n) is 4.99. The molecule has 0 atom stereocenters. The number of hydrogen-bond acceptors (Lipinski definition) is 4. The number of anilines is 2. The molecular weight excluding hydrogens is 270 g/mol. The second-order valence-corrected chi connectivity index (χ2v) is 4.99. The molecule has 2 aromatic rings. The zero-order valence-corrected chi connectivity index (χ0v) is 11.2. The van der Waals surface area contributed by atoms with Crippen LogP contribution in [-0.2, 0) is 0 Å². The Kier molecular flexibility index (Phi) is 3.31. The van der Waals surface area contributed by atoms with Gasteiger partial charge in [-0.25, -0.2) is 0 Å². The first-order valence-corrected chi connectivity index (χ1v) is 6.65. The van der Waals surface area contributed by atoms with Crippen LogP contribution in [0.3, 0.4) is 0 Å². The molecular formula is C14H15N5O2. The van der Waals surface area contributed by atoms with Gasteiger partial charge in [0.15, 0.2) is 0 Å². The lowest BCUT2D eigenvalue weighted by molar-refractivity contribution is 0.0949. The zero-order chi connectivity index (χ0) is 14.8. The van der Waals surface area contributed by atoms with Crippen molar-refractivity contribution in [3.63, 3.8) is 0 Å². The van der Waals surface area contributed by atoms with Gasteiger partial charge >= 0.3 is 0 Å². The van der Waals surface area contributed by atoms with Gasteiger partial charge in [-0.1, -0.05) is 6.07 Å². The molecule has 1 aliphatic carbocycles. The van der Waals surface area contributed by atoms with E-state index in [0.29, 0.717) is 17.3 Å². The van der Waals surface area contributed by atoms with Crippen molar-refractivity contribution in [1.29, 1.82) is 0 Å². The Bertz CT molecular complexity index is 690. The number of hydrogen-bond donors (Lipinski definition) is 4. The third-order valence-corrected chi connectivity index (χ3v) is 3.14. The van der Waals surface area contributed by atoms with Gasteiger partial charge in [0.25, 0.3) is 11.8 Å². The minimum absolute atomic E-state index is 0.126. The van der Waals surface area contributed by atoms with E-state index in [4.69, 9.17) is 5.73 Å². The predicted octanol–water partition coefficient (Wildman–Crippen LogP) is 1.14. The molecule has 1 aromatic carbocycles. The number of amides is 2. The minimum Gasteiger partial charge on any atom is -0.382 e. The lowest BCUT2D eigenvalue weighted by atomic mass is 10.2. The molecule has 1 aromatic heterocycles. The predicted molar refractivity (Wildman–Crippen MR) is 77.9 cm³/mol. The van der Waals surface area contributed by atoms with Crippen molar-refractivity contribution in [3.05, 3.63) is 41.6 Å². The van der Waals surface area contributed by atoms with E-state index >= 15 is 0 Å². The maximum atomic E-state index is 12.0. The number of nitrogens with zero attached hydrogens (tertiary/aromatic N) is 1. The molecule has 7 heteroatoms. The van der Waals surface area contributed by atoms with Crippen LogP contribution in [0.5, 0.6) is 0 Å². The Labute approximate surface area is 120 Å². The Morgan fingerprint density at radius 3 is 2.71 bits per heavy atom. The molecule has 108 valence electrons.